The maximum Gasteiger partial charge on any atom is 0.183 e. The molecule has 0 aliphatic carbocycles. The SMILES string of the molecule is Cc1sc(NCc2ccc(F)cc2)nc1-c1ccccc1. The Bertz CT molecular complexity index is 720. The highest BCUT2D eigenvalue weighted by Crippen LogP contribution is 2.30. The molecule has 1 heterocycles. The second kappa shape index (κ2) is 6.06. The van der Waals surface area contributed by atoms with E-state index >= 15 is 0 Å². The van der Waals surface area contributed by atoms with Gasteiger partial charge >= 0.3 is 0 Å². The van der Waals surface area contributed by atoms with Crippen LogP contribution in [-0.4, -0.2) is 4.98 Å². The van der Waals surface area contributed by atoms with Crippen molar-refractivity contribution in [3.05, 3.63) is 70.9 Å². The Morgan fingerprint density at radius 2 is 1.76 bits per heavy atom. The van der Waals surface area contributed by atoms with Gasteiger partial charge in [0, 0.05) is 17.0 Å². The molecule has 1 aromatic heterocycles. The molecule has 0 saturated carbocycles. The van der Waals surface area contributed by atoms with Crippen LogP contribution < -0.4 is 5.32 Å². The van der Waals surface area contributed by atoms with Gasteiger partial charge in [0.25, 0.3) is 0 Å². The van der Waals surface area contributed by atoms with Crippen LogP contribution in [0.2, 0.25) is 0 Å². The average Bonchev–Trinajstić information content (AvgIpc) is 2.89. The van der Waals surface area contributed by atoms with Gasteiger partial charge in [-0.15, -0.1) is 11.3 Å². The standard InChI is InChI=1S/C17H15FN2S/c1-12-16(14-5-3-2-4-6-14)20-17(21-12)19-11-13-7-9-15(18)10-8-13/h2-10H,11H2,1H3,(H,19,20). The van der Waals surface area contributed by atoms with E-state index in [4.69, 9.17) is 0 Å². The summed E-state index contributed by atoms with van der Waals surface area (Å²) in [5, 5.41) is 4.18. The zero-order chi connectivity index (χ0) is 14.7. The Balaban J connectivity index is 1.74. The van der Waals surface area contributed by atoms with E-state index in [1.165, 1.54) is 17.0 Å². The van der Waals surface area contributed by atoms with Crippen LogP contribution in [0.15, 0.2) is 54.6 Å². The van der Waals surface area contributed by atoms with Crippen molar-refractivity contribution >= 4 is 16.5 Å². The van der Waals surface area contributed by atoms with Crippen LogP contribution in [0.1, 0.15) is 10.4 Å². The molecule has 0 amide bonds. The van der Waals surface area contributed by atoms with Crippen molar-refractivity contribution in [2.45, 2.75) is 13.5 Å². The number of thiazole rings is 1. The number of anilines is 1. The lowest BCUT2D eigenvalue weighted by Crippen LogP contribution is -1.98. The number of halogens is 1. The molecule has 2 nitrogen and oxygen atoms in total. The van der Waals surface area contributed by atoms with E-state index in [1.807, 2.05) is 18.2 Å². The Morgan fingerprint density at radius 3 is 2.48 bits per heavy atom. The zero-order valence-electron chi connectivity index (χ0n) is 11.6. The van der Waals surface area contributed by atoms with E-state index in [9.17, 15) is 4.39 Å². The average molecular weight is 298 g/mol. The van der Waals surface area contributed by atoms with Crippen LogP contribution in [0.4, 0.5) is 9.52 Å². The molecule has 0 aliphatic rings. The van der Waals surface area contributed by atoms with E-state index in [0.29, 0.717) is 6.54 Å². The molecule has 3 aromatic rings. The lowest BCUT2D eigenvalue weighted by molar-refractivity contribution is 0.627. The normalized spacial score (nSPS) is 10.6. The predicted octanol–water partition coefficient (Wildman–Crippen LogP) is 4.87. The molecule has 0 spiro atoms. The Morgan fingerprint density at radius 1 is 1.05 bits per heavy atom. The zero-order valence-corrected chi connectivity index (χ0v) is 12.5. The number of benzene rings is 2. The van der Waals surface area contributed by atoms with Crippen LogP contribution in [0.25, 0.3) is 11.3 Å². The van der Waals surface area contributed by atoms with Gasteiger partial charge in [-0.3, -0.25) is 0 Å². The summed E-state index contributed by atoms with van der Waals surface area (Å²) in [6.45, 7) is 2.71. The highest BCUT2D eigenvalue weighted by molar-refractivity contribution is 7.15. The van der Waals surface area contributed by atoms with Gasteiger partial charge in [-0.2, -0.15) is 0 Å². The van der Waals surface area contributed by atoms with Gasteiger partial charge in [0.1, 0.15) is 5.82 Å². The molecule has 0 fully saturated rings. The van der Waals surface area contributed by atoms with Crippen LogP contribution in [0, 0.1) is 12.7 Å². The van der Waals surface area contributed by atoms with Crippen molar-refractivity contribution < 1.29 is 4.39 Å². The fourth-order valence-electron chi connectivity index (χ4n) is 2.12. The molecule has 21 heavy (non-hydrogen) atoms. The van der Waals surface area contributed by atoms with E-state index in [0.717, 1.165) is 22.0 Å². The lowest BCUT2D eigenvalue weighted by Gasteiger charge is -2.02. The fourth-order valence-corrected chi connectivity index (χ4v) is 2.95. The van der Waals surface area contributed by atoms with E-state index in [-0.39, 0.29) is 5.82 Å². The summed E-state index contributed by atoms with van der Waals surface area (Å²) in [6.07, 6.45) is 0. The molecular formula is C17H15FN2S. The quantitative estimate of drug-likeness (QED) is 0.743. The lowest BCUT2D eigenvalue weighted by atomic mass is 10.1. The minimum atomic E-state index is -0.213. The highest BCUT2D eigenvalue weighted by Gasteiger charge is 2.09. The summed E-state index contributed by atoms with van der Waals surface area (Å²) in [4.78, 5) is 5.83. The first kappa shape index (κ1) is 13.8. The summed E-state index contributed by atoms with van der Waals surface area (Å²) in [6, 6.07) is 16.6. The van der Waals surface area contributed by atoms with Crippen LogP contribution in [0.3, 0.4) is 0 Å². The third kappa shape index (κ3) is 3.28. The summed E-state index contributed by atoms with van der Waals surface area (Å²) >= 11 is 1.64. The highest BCUT2D eigenvalue weighted by atomic mass is 32.1. The fraction of sp³-hybridized carbons (Fsp3) is 0.118. The number of rotatable bonds is 4. The number of aromatic nitrogens is 1. The van der Waals surface area contributed by atoms with E-state index < -0.39 is 0 Å². The van der Waals surface area contributed by atoms with Crippen molar-refractivity contribution in [3.8, 4) is 11.3 Å². The second-order valence-corrected chi connectivity index (χ2v) is 5.97. The smallest absolute Gasteiger partial charge is 0.183 e. The topological polar surface area (TPSA) is 24.9 Å². The second-order valence-electron chi connectivity index (χ2n) is 4.77. The molecule has 1 N–H and O–H groups in total. The first-order chi connectivity index (χ1) is 10.2. The molecule has 4 heteroatoms. The third-order valence-electron chi connectivity index (χ3n) is 3.20. The van der Waals surface area contributed by atoms with Crippen LogP contribution in [0.5, 0.6) is 0 Å². The molecule has 0 bridgehead atoms. The van der Waals surface area contributed by atoms with Gasteiger partial charge in [0.05, 0.1) is 5.69 Å². The molecule has 2 aromatic carbocycles. The predicted molar refractivity (Wildman–Crippen MR) is 86.0 cm³/mol. The molecular weight excluding hydrogens is 283 g/mol. The van der Waals surface area contributed by atoms with Gasteiger partial charge in [-0.1, -0.05) is 42.5 Å². The molecule has 0 atom stereocenters. The Kier molecular flexibility index (Phi) is 3.97. The maximum absolute atomic E-state index is 12.9. The largest absolute Gasteiger partial charge is 0.357 e. The van der Waals surface area contributed by atoms with Gasteiger partial charge < -0.3 is 5.32 Å². The number of aryl methyl sites for hydroxylation is 1. The van der Waals surface area contributed by atoms with Crippen molar-refractivity contribution in [1.82, 2.24) is 4.98 Å². The first-order valence-electron chi connectivity index (χ1n) is 6.73. The third-order valence-corrected chi connectivity index (χ3v) is 4.13. The minimum absolute atomic E-state index is 0.213. The molecule has 0 radical (unpaired) electrons. The number of hydrogen-bond donors (Lipinski definition) is 1. The molecule has 0 saturated heterocycles. The van der Waals surface area contributed by atoms with E-state index in [2.05, 4.69) is 29.4 Å². The first-order valence-corrected chi connectivity index (χ1v) is 7.55. The molecule has 3 rings (SSSR count). The monoisotopic (exact) mass is 298 g/mol. The van der Waals surface area contributed by atoms with Crippen molar-refractivity contribution in [2.75, 3.05) is 5.32 Å². The van der Waals surface area contributed by atoms with Crippen molar-refractivity contribution in [2.24, 2.45) is 0 Å². The van der Waals surface area contributed by atoms with Crippen LogP contribution >= 0.6 is 11.3 Å². The van der Waals surface area contributed by atoms with Gasteiger partial charge in [0.2, 0.25) is 0 Å². The van der Waals surface area contributed by atoms with Crippen LogP contribution in [-0.2, 0) is 6.54 Å². The number of nitrogens with zero attached hydrogens (tertiary/aromatic N) is 1. The van der Waals surface area contributed by atoms with Gasteiger partial charge in [0.15, 0.2) is 5.13 Å². The Labute approximate surface area is 127 Å². The molecule has 0 unspecified atom stereocenters. The molecule has 0 aliphatic heterocycles. The van der Waals surface area contributed by atoms with Gasteiger partial charge in [-0.25, -0.2) is 9.37 Å². The summed E-state index contributed by atoms with van der Waals surface area (Å²) in [7, 11) is 0. The van der Waals surface area contributed by atoms with Crippen molar-refractivity contribution in [3.63, 3.8) is 0 Å². The summed E-state index contributed by atoms with van der Waals surface area (Å²) in [5.74, 6) is -0.213. The maximum atomic E-state index is 12.9. The Hall–Kier alpha value is -2.20. The van der Waals surface area contributed by atoms with Gasteiger partial charge in [-0.05, 0) is 24.6 Å². The summed E-state index contributed by atoms with van der Waals surface area (Å²) in [5.41, 5.74) is 3.17. The molecule has 106 valence electrons. The minimum Gasteiger partial charge on any atom is -0.357 e. The van der Waals surface area contributed by atoms with E-state index in [1.54, 1.807) is 23.5 Å². The number of hydrogen-bond acceptors (Lipinski definition) is 3. The van der Waals surface area contributed by atoms with Crippen molar-refractivity contribution in [1.29, 1.82) is 0 Å². The number of nitrogens with one attached hydrogen (secondary N) is 1. The summed E-state index contributed by atoms with van der Waals surface area (Å²) < 4.78 is 12.9.